The van der Waals surface area contributed by atoms with E-state index in [0.717, 1.165) is 52.0 Å². The Morgan fingerprint density at radius 3 is 2.28 bits per heavy atom. The number of ketones is 1. The molecule has 1 N–H and O–H groups in total. The summed E-state index contributed by atoms with van der Waals surface area (Å²) in [6, 6.07) is 17.0. The van der Waals surface area contributed by atoms with Gasteiger partial charge in [0.05, 0.1) is 11.0 Å². The second-order valence-electron chi connectivity index (χ2n) is 8.73. The molecule has 5 heteroatoms. The van der Waals surface area contributed by atoms with Gasteiger partial charge in [-0.2, -0.15) is 0 Å². The average Bonchev–Trinajstić information content (AvgIpc) is 3.46. The Bertz CT molecular complexity index is 1250. The zero-order valence-corrected chi connectivity index (χ0v) is 18.1. The van der Waals surface area contributed by atoms with Crippen LogP contribution < -0.4 is 9.47 Å². The maximum atomic E-state index is 13.4. The minimum atomic E-state index is -0.949. The lowest BCUT2D eigenvalue weighted by Crippen LogP contribution is -2.22. The molecule has 1 heterocycles. The van der Waals surface area contributed by atoms with Crippen LogP contribution in [-0.4, -0.2) is 23.7 Å². The molecule has 162 valence electrons. The highest BCUT2D eigenvalue weighted by atomic mass is 16.7. The van der Waals surface area contributed by atoms with Gasteiger partial charge in [0, 0.05) is 6.42 Å². The third-order valence-electron chi connectivity index (χ3n) is 6.65. The number of ether oxygens (including phenoxy) is 2. The van der Waals surface area contributed by atoms with Gasteiger partial charge in [-0.3, -0.25) is 4.79 Å². The maximum Gasteiger partial charge on any atom is 0.335 e. The first-order valence-electron chi connectivity index (χ1n) is 10.7. The fraction of sp³-hybridized carbons (Fsp3) is 0.259. The first-order valence-corrected chi connectivity index (χ1v) is 10.7. The van der Waals surface area contributed by atoms with E-state index in [4.69, 9.17) is 9.47 Å². The van der Waals surface area contributed by atoms with Crippen molar-refractivity contribution in [2.75, 3.05) is 6.79 Å². The first-order chi connectivity index (χ1) is 15.4. The first kappa shape index (κ1) is 20.3. The second-order valence-corrected chi connectivity index (χ2v) is 8.73. The molecule has 0 aromatic heterocycles. The Balaban J connectivity index is 1.44. The van der Waals surface area contributed by atoms with Crippen molar-refractivity contribution in [1.82, 2.24) is 0 Å². The number of benzene rings is 3. The van der Waals surface area contributed by atoms with Crippen molar-refractivity contribution in [2.24, 2.45) is 0 Å². The summed E-state index contributed by atoms with van der Waals surface area (Å²) in [5.74, 6) is 0.670. The molecule has 0 saturated heterocycles. The molecular weight excluding hydrogens is 404 g/mol. The van der Waals surface area contributed by atoms with Crippen molar-refractivity contribution in [2.45, 2.75) is 38.5 Å². The van der Waals surface area contributed by atoms with E-state index in [-0.39, 0.29) is 18.1 Å². The van der Waals surface area contributed by atoms with Crippen molar-refractivity contribution in [1.29, 1.82) is 0 Å². The zero-order chi connectivity index (χ0) is 22.5. The van der Waals surface area contributed by atoms with Crippen molar-refractivity contribution < 1.29 is 24.2 Å². The van der Waals surface area contributed by atoms with Gasteiger partial charge in [0.1, 0.15) is 5.78 Å². The summed E-state index contributed by atoms with van der Waals surface area (Å²) in [6.45, 7) is 4.19. The number of carboxylic acids is 1. The number of fused-ring (bicyclic) bond motifs is 1. The van der Waals surface area contributed by atoms with E-state index in [2.05, 4.69) is 0 Å². The lowest BCUT2D eigenvalue weighted by molar-refractivity contribution is -0.120. The minimum absolute atomic E-state index is 0.196. The van der Waals surface area contributed by atoms with Crippen LogP contribution in [0.25, 0.3) is 11.1 Å². The molecule has 3 aromatic carbocycles. The molecule has 0 atom stereocenters. The molecule has 5 rings (SSSR count). The molecule has 1 fully saturated rings. The van der Waals surface area contributed by atoms with Gasteiger partial charge < -0.3 is 14.6 Å². The lowest BCUT2D eigenvalue weighted by Gasteiger charge is -2.17. The van der Waals surface area contributed by atoms with Crippen LogP contribution in [0.4, 0.5) is 0 Å². The van der Waals surface area contributed by atoms with Gasteiger partial charge in [0.25, 0.3) is 0 Å². The number of hydrogen-bond donors (Lipinski definition) is 1. The van der Waals surface area contributed by atoms with Crippen LogP contribution in [0.2, 0.25) is 0 Å². The number of hydrogen-bond acceptors (Lipinski definition) is 4. The molecule has 1 saturated carbocycles. The molecule has 0 spiro atoms. The molecule has 1 aliphatic carbocycles. The van der Waals surface area contributed by atoms with E-state index in [1.165, 1.54) is 0 Å². The summed E-state index contributed by atoms with van der Waals surface area (Å²) >= 11 is 0. The Morgan fingerprint density at radius 1 is 0.875 bits per heavy atom. The highest BCUT2D eigenvalue weighted by Crippen LogP contribution is 2.51. The topological polar surface area (TPSA) is 72.8 Å². The molecule has 0 bridgehead atoms. The molecule has 2 aliphatic rings. The van der Waals surface area contributed by atoms with Crippen LogP contribution >= 0.6 is 0 Å². The van der Waals surface area contributed by atoms with Crippen molar-refractivity contribution in [3.05, 3.63) is 82.4 Å². The summed E-state index contributed by atoms with van der Waals surface area (Å²) in [6.07, 6.45) is 2.01. The van der Waals surface area contributed by atoms with E-state index in [9.17, 15) is 14.7 Å². The molecule has 1 aliphatic heterocycles. The van der Waals surface area contributed by atoms with Crippen LogP contribution in [0.1, 0.15) is 45.5 Å². The summed E-state index contributed by atoms with van der Waals surface area (Å²) < 4.78 is 10.9. The largest absolute Gasteiger partial charge is 0.478 e. The highest BCUT2D eigenvalue weighted by Gasteiger charge is 2.50. The number of rotatable bonds is 6. The van der Waals surface area contributed by atoms with E-state index in [0.29, 0.717) is 12.2 Å². The predicted molar refractivity (Wildman–Crippen MR) is 120 cm³/mol. The van der Waals surface area contributed by atoms with Gasteiger partial charge in [-0.15, -0.1) is 0 Å². The molecule has 0 amide bonds. The van der Waals surface area contributed by atoms with Gasteiger partial charge in [-0.05, 0) is 84.3 Å². The summed E-state index contributed by atoms with van der Waals surface area (Å²) in [5.41, 5.74) is 5.62. The standard InChI is InChI=1S/C27H24O5/c1-16-3-5-18(11-21(16)22-13-19(26(29)30)6-4-17(22)2)12-25(28)27(9-10-27)20-7-8-23-24(14-20)32-15-31-23/h3-8,11,13-14H,9-10,12,15H2,1-2H3,(H,29,30). The summed E-state index contributed by atoms with van der Waals surface area (Å²) in [4.78, 5) is 24.8. The van der Waals surface area contributed by atoms with E-state index in [1.807, 2.05) is 56.3 Å². The summed E-state index contributed by atoms with van der Waals surface area (Å²) in [7, 11) is 0. The van der Waals surface area contributed by atoms with Crippen LogP contribution in [0.15, 0.2) is 54.6 Å². The van der Waals surface area contributed by atoms with E-state index in [1.54, 1.807) is 12.1 Å². The number of aryl methyl sites for hydroxylation is 2. The molecule has 3 aromatic rings. The molecule has 5 nitrogen and oxygen atoms in total. The minimum Gasteiger partial charge on any atom is -0.478 e. The number of carboxylic acid groups (broad SMARTS) is 1. The quantitative estimate of drug-likeness (QED) is 0.581. The zero-order valence-electron chi connectivity index (χ0n) is 18.1. The Hall–Kier alpha value is -3.60. The SMILES string of the molecule is Cc1ccc(CC(=O)C2(c3ccc4c(c3)OCO4)CC2)cc1-c1cc(C(=O)O)ccc1C. The molecule has 0 radical (unpaired) electrons. The lowest BCUT2D eigenvalue weighted by atomic mass is 9.86. The van der Waals surface area contributed by atoms with Gasteiger partial charge in [0.2, 0.25) is 6.79 Å². The predicted octanol–water partition coefficient (Wildman–Crippen LogP) is 5.24. The number of Topliss-reactive ketones (excluding diaryl/α,β-unsaturated/α-hetero) is 1. The van der Waals surface area contributed by atoms with E-state index < -0.39 is 11.4 Å². The fourth-order valence-electron chi connectivity index (χ4n) is 4.52. The molecule has 32 heavy (non-hydrogen) atoms. The van der Waals surface area contributed by atoms with Crippen molar-refractivity contribution >= 4 is 11.8 Å². The average molecular weight is 428 g/mol. The third kappa shape index (κ3) is 3.44. The van der Waals surface area contributed by atoms with Crippen molar-refractivity contribution in [3.8, 4) is 22.6 Å². The van der Waals surface area contributed by atoms with Crippen LogP contribution in [0.3, 0.4) is 0 Å². The Labute approximate surface area is 186 Å². The second kappa shape index (κ2) is 7.52. The molecule has 0 unspecified atom stereocenters. The normalized spacial score (nSPS) is 15.4. The molecular formula is C27H24O5. The van der Waals surface area contributed by atoms with Gasteiger partial charge in [0.15, 0.2) is 11.5 Å². The van der Waals surface area contributed by atoms with Gasteiger partial charge in [-0.25, -0.2) is 4.79 Å². The third-order valence-corrected chi connectivity index (χ3v) is 6.65. The van der Waals surface area contributed by atoms with Crippen LogP contribution in [0.5, 0.6) is 11.5 Å². The highest BCUT2D eigenvalue weighted by molar-refractivity contribution is 5.95. The number of carbonyl (C=O) groups excluding carboxylic acids is 1. The van der Waals surface area contributed by atoms with Gasteiger partial charge >= 0.3 is 5.97 Å². The fourth-order valence-corrected chi connectivity index (χ4v) is 4.52. The number of aromatic carboxylic acids is 1. The van der Waals surface area contributed by atoms with Crippen LogP contribution in [-0.2, 0) is 16.6 Å². The van der Waals surface area contributed by atoms with E-state index >= 15 is 0 Å². The monoisotopic (exact) mass is 428 g/mol. The Kier molecular flexibility index (Phi) is 4.77. The maximum absolute atomic E-state index is 13.4. The summed E-state index contributed by atoms with van der Waals surface area (Å²) in [5, 5.41) is 9.39. The van der Waals surface area contributed by atoms with Crippen molar-refractivity contribution in [3.63, 3.8) is 0 Å². The smallest absolute Gasteiger partial charge is 0.335 e. The number of carbonyl (C=O) groups is 2. The van der Waals surface area contributed by atoms with Crippen LogP contribution in [0, 0.1) is 13.8 Å². The Morgan fingerprint density at radius 2 is 1.56 bits per heavy atom. The van der Waals surface area contributed by atoms with Gasteiger partial charge in [-0.1, -0.05) is 30.3 Å².